The van der Waals surface area contributed by atoms with Crippen LogP contribution in [0.1, 0.15) is 41.6 Å². The minimum atomic E-state index is -0.0584. The highest BCUT2D eigenvalue weighted by Gasteiger charge is 2.27. The standard InChI is InChI=1S/C20H22ClN3O2/c1-13-3-4-16(21)9-15(13)7-8-24(12-25)20-11-22-10-18-17(20)5-6-19(18)23-14(2)26/h3-4,9-12,19H,5-8H2,1-2H3,(H,23,26)/t19-/m0/s1. The minimum absolute atomic E-state index is 0.0290. The van der Waals surface area contributed by atoms with E-state index in [2.05, 4.69) is 10.3 Å². The van der Waals surface area contributed by atoms with Crippen LogP contribution in [-0.2, 0) is 22.4 Å². The van der Waals surface area contributed by atoms with Crippen LogP contribution in [-0.4, -0.2) is 23.8 Å². The lowest BCUT2D eigenvalue weighted by atomic mass is 10.0. The highest BCUT2D eigenvalue weighted by atomic mass is 35.5. The Kier molecular flexibility index (Phi) is 5.57. The van der Waals surface area contributed by atoms with E-state index in [0.717, 1.165) is 47.2 Å². The summed E-state index contributed by atoms with van der Waals surface area (Å²) in [6, 6.07) is 5.77. The maximum Gasteiger partial charge on any atom is 0.217 e. The van der Waals surface area contributed by atoms with Crippen molar-refractivity contribution in [1.29, 1.82) is 0 Å². The first-order chi connectivity index (χ1) is 12.5. The second-order valence-electron chi connectivity index (χ2n) is 6.64. The Morgan fingerprint density at radius 3 is 2.96 bits per heavy atom. The zero-order valence-electron chi connectivity index (χ0n) is 15.0. The first kappa shape index (κ1) is 18.4. The predicted octanol–water partition coefficient (Wildman–Crippen LogP) is 3.37. The van der Waals surface area contributed by atoms with Crippen LogP contribution >= 0.6 is 11.6 Å². The van der Waals surface area contributed by atoms with Crippen molar-refractivity contribution in [1.82, 2.24) is 10.3 Å². The summed E-state index contributed by atoms with van der Waals surface area (Å²) in [4.78, 5) is 29.1. The van der Waals surface area contributed by atoms with E-state index in [4.69, 9.17) is 11.6 Å². The average Bonchev–Trinajstić information content (AvgIpc) is 3.01. The molecule has 2 aromatic rings. The quantitative estimate of drug-likeness (QED) is 0.792. The normalized spacial score (nSPS) is 15.4. The monoisotopic (exact) mass is 371 g/mol. The molecular formula is C20H22ClN3O2. The van der Waals surface area contributed by atoms with Gasteiger partial charge in [-0.3, -0.25) is 14.6 Å². The van der Waals surface area contributed by atoms with E-state index in [0.29, 0.717) is 18.0 Å². The summed E-state index contributed by atoms with van der Waals surface area (Å²) >= 11 is 6.09. The lowest BCUT2D eigenvalue weighted by Gasteiger charge is -2.21. The average molecular weight is 372 g/mol. The summed E-state index contributed by atoms with van der Waals surface area (Å²) in [5.41, 5.74) is 5.20. The molecule has 3 rings (SSSR count). The van der Waals surface area contributed by atoms with Gasteiger partial charge in [0.2, 0.25) is 12.3 Å². The first-order valence-corrected chi connectivity index (χ1v) is 9.08. The minimum Gasteiger partial charge on any atom is -0.349 e. The number of nitrogens with one attached hydrogen (secondary N) is 1. The lowest BCUT2D eigenvalue weighted by Crippen LogP contribution is -2.26. The molecule has 26 heavy (non-hydrogen) atoms. The van der Waals surface area contributed by atoms with Crippen LogP contribution in [0.5, 0.6) is 0 Å². The number of nitrogens with zero attached hydrogens (tertiary/aromatic N) is 2. The van der Waals surface area contributed by atoms with Crippen molar-refractivity contribution in [3.63, 3.8) is 0 Å². The molecule has 1 N–H and O–H groups in total. The van der Waals surface area contributed by atoms with Crippen LogP contribution in [0.2, 0.25) is 5.02 Å². The topological polar surface area (TPSA) is 62.3 Å². The van der Waals surface area contributed by atoms with Crippen LogP contribution < -0.4 is 10.2 Å². The highest BCUT2D eigenvalue weighted by Crippen LogP contribution is 2.36. The summed E-state index contributed by atoms with van der Waals surface area (Å²) in [5.74, 6) is -0.0584. The van der Waals surface area contributed by atoms with Gasteiger partial charge in [0.1, 0.15) is 0 Å². The molecule has 1 heterocycles. The molecule has 0 unspecified atom stereocenters. The maximum absolute atomic E-state index is 11.7. The number of hydrogen-bond acceptors (Lipinski definition) is 3. The molecule has 6 heteroatoms. The van der Waals surface area contributed by atoms with Crippen molar-refractivity contribution >= 4 is 29.6 Å². The van der Waals surface area contributed by atoms with Crippen LogP contribution in [0.25, 0.3) is 0 Å². The second-order valence-corrected chi connectivity index (χ2v) is 7.07. The predicted molar refractivity (Wildman–Crippen MR) is 102 cm³/mol. The third kappa shape index (κ3) is 3.88. The molecule has 136 valence electrons. The van der Waals surface area contributed by atoms with E-state index in [1.165, 1.54) is 6.92 Å². The molecule has 0 aliphatic heterocycles. The van der Waals surface area contributed by atoms with E-state index in [-0.39, 0.29) is 11.9 Å². The van der Waals surface area contributed by atoms with E-state index in [9.17, 15) is 9.59 Å². The summed E-state index contributed by atoms with van der Waals surface area (Å²) in [6.07, 6.45) is 6.73. The van der Waals surface area contributed by atoms with Gasteiger partial charge in [-0.1, -0.05) is 17.7 Å². The van der Waals surface area contributed by atoms with Gasteiger partial charge in [0, 0.05) is 24.7 Å². The Morgan fingerprint density at radius 1 is 1.42 bits per heavy atom. The highest BCUT2D eigenvalue weighted by molar-refractivity contribution is 6.30. The van der Waals surface area contributed by atoms with Gasteiger partial charge < -0.3 is 10.2 Å². The summed E-state index contributed by atoms with van der Waals surface area (Å²) in [5, 5.41) is 3.65. The number of carbonyl (C=O) groups is 2. The van der Waals surface area contributed by atoms with Crippen LogP contribution in [0.15, 0.2) is 30.6 Å². The number of aryl methyl sites for hydroxylation is 1. The first-order valence-electron chi connectivity index (χ1n) is 8.70. The molecule has 0 fully saturated rings. The van der Waals surface area contributed by atoms with Crippen LogP contribution in [0.3, 0.4) is 0 Å². The van der Waals surface area contributed by atoms with Gasteiger partial charge in [-0.2, -0.15) is 0 Å². The molecule has 1 aliphatic carbocycles. The summed E-state index contributed by atoms with van der Waals surface area (Å²) in [7, 11) is 0. The fraction of sp³-hybridized carbons (Fsp3) is 0.350. The molecule has 5 nitrogen and oxygen atoms in total. The molecule has 1 aromatic carbocycles. The van der Waals surface area contributed by atoms with Crippen molar-refractivity contribution in [3.05, 3.63) is 57.9 Å². The fourth-order valence-electron chi connectivity index (χ4n) is 3.53. The second kappa shape index (κ2) is 7.87. The SMILES string of the molecule is CC(=O)N[C@H]1CCc2c1cncc2N(C=O)CCc1cc(Cl)ccc1C. The molecule has 1 aromatic heterocycles. The maximum atomic E-state index is 11.7. The number of carbonyl (C=O) groups excluding carboxylic acids is 2. The Bertz CT molecular complexity index is 838. The number of hydrogen-bond donors (Lipinski definition) is 1. The van der Waals surface area contributed by atoms with Gasteiger partial charge in [0.25, 0.3) is 0 Å². The Hall–Kier alpha value is -2.40. The van der Waals surface area contributed by atoms with Gasteiger partial charge in [-0.05, 0) is 60.6 Å². The number of benzene rings is 1. The Balaban J connectivity index is 1.81. The number of rotatable bonds is 6. The van der Waals surface area contributed by atoms with Gasteiger partial charge in [0.15, 0.2) is 0 Å². The fourth-order valence-corrected chi connectivity index (χ4v) is 3.73. The molecule has 0 bridgehead atoms. The molecule has 1 aliphatic rings. The van der Waals surface area contributed by atoms with Gasteiger partial charge in [-0.15, -0.1) is 0 Å². The van der Waals surface area contributed by atoms with E-state index < -0.39 is 0 Å². The smallest absolute Gasteiger partial charge is 0.217 e. The van der Waals surface area contributed by atoms with Crippen molar-refractivity contribution in [2.24, 2.45) is 0 Å². The molecule has 0 saturated carbocycles. The van der Waals surface area contributed by atoms with E-state index in [1.54, 1.807) is 17.3 Å². The number of fused-ring (bicyclic) bond motifs is 1. The van der Waals surface area contributed by atoms with Crippen molar-refractivity contribution in [2.45, 2.75) is 39.2 Å². The Labute approximate surface area is 158 Å². The number of aromatic nitrogens is 1. The third-order valence-corrected chi connectivity index (χ3v) is 5.11. The van der Waals surface area contributed by atoms with Gasteiger partial charge in [0.05, 0.1) is 17.9 Å². The van der Waals surface area contributed by atoms with E-state index in [1.807, 2.05) is 25.1 Å². The molecule has 2 amide bonds. The number of amides is 2. The number of pyridine rings is 1. The third-order valence-electron chi connectivity index (χ3n) is 4.87. The summed E-state index contributed by atoms with van der Waals surface area (Å²) < 4.78 is 0. The van der Waals surface area contributed by atoms with Gasteiger partial charge >= 0.3 is 0 Å². The number of halogens is 1. The van der Waals surface area contributed by atoms with Crippen LogP contribution in [0, 0.1) is 6.92 Å². The lowest BCUT2D eigenvalue weighted by molar-refractivity contribution is -0.119. The van der Waals surface area contributed by atoms with Crippen LogP contribution in [0.4, 0.5) is 5.69 Å². The van der Waals surface area contributed by atoms with E-state index >= 15 is 0 Å². The van der Waals surface area contributed by atoms with Crippen molar-refractivity contribution < 1.29 is 9.59 Å². The largest absolute Gasteiger partial charge is 0.349 e. The summed E-state index contributed by atoms with van der Waals surface area (Å²) in [6.45, 7) is 4.10. The van der Waals surface area contributed by atoms with Crippen molar-refractivity contribution in [2.75, 3.05) is 11.4 Å². The van der Waals surface area contributed by atoms with Gasteiger partial charge in [-0.25, -0.2) is 0 Å². The molecule has 0 radical (unpaired) electrons. The number of anilines is 1. The molecule has 0 saturated heterocycles. The van der Waals surface area contributed by atoms with Crippen molar-refractivity contribution in [3.8, 4) is 0 Å². The Morgan fingerprint density at radius 2 is 2.23 bits per heavy atom. The molecular weight excluding hydrogens is 350 g/mol. The zero-order valence-corrected chi connectivity index (χ0v) is 15.7. The zero-order chi connectivity index (χ0) is 18.7. The molecule has 0 spiro atoms. The molecule has 1 atom stereocenters.